The smallest absolute Gasteiger partial charge is 0.254 e. The minimum Gasteiger partial charge on any atom is -0.494 e. The monoisotopic (exact) mass is 330 g/mol. The molecule has 0 spiro atoms. The molecule has 0 aliphatic carbocycles. The van der Waals surface area contributed by atoms with E-state index < -0.39 is 11.7 Å². The highest BCUT2D eigenvalue weighted by Crippen LogP contribution is 2.21. The summed E-state index contributed by atoms with van der Waals surface area (Å²) < 4.78 is 19.1. The molecule has 0 aliphatic rings. The molecule has 0 fully saturated rings. The molecule has 0 saturated carbocycles. The van der Waals surface area contributed by atoms with E-state index in [9.17, 15) is 9.18 Å². The van der Waals surface area contributed by atoms with Gasteiger partial charge in [-0.2, -0.15) is 0 Å². The first-order valence-corrected chi connectivity index (χ1v) is 7.94. The van der Waals surface area contributed by atoms with Crippen LogP contribution in [0.25, 0.3) is 0 Å². The number of benzene rings is 2. The number of hydrogen-bond acceptors (Lipinski definition) is 3. The first-order chi connectivity index (χ1) is 11.5. The normalized spacial score (nSPS) is 12.0. The van der Waals surface area contributed by atoms with Crippen molar-refractivity contribution in [3.63, 3.8) is 0 Å². The predicted molar refractivity (Wildman–Crippen MR) is 92.8 cm³/mol. The van der Waals surface area contributed by atoms with E-state index in [4.69, 9.17) is 4.74 Å². The van der Waals surface area contributed by atoms with E-state index in [2.05, 4.69) is 5.32 Å². The topological polar surface area (TPSA) is 41.6 Å². The second-order valence-electron chi connectivity index (χ2n) is 5.67. The van der Waals surface area contributed by atoms with Gasteiger partial charge in [-0.05, 0) is 50.8 Å². The zero-order chi connectivity index (χ0) is 17.5. The number of likely N-dealkylation sites (N-methyl/N-ethyl adjacent to an activating group) is 1. The van der Waals surface area contributed by atoms with Gasteiger partial charge in [0.25, 0.3) is 5.91 Å². The van der Waals surface area contributed by atoms with E-state index in [1.807, 2.05) is 50.2 Å². The van der Waals surface area contributed by atoms with Crippen LogP contribution in [0, 0.1) is 5.82 Å². The van der Waals surface area contributed by atoms with Crippen molar-refractivity contribution in [3.05, 3.63) is 65.5 Å². The summed E-state index contributed by atoms with van der Waals surface area (Å²) in [6.07, 6.45) is 0. The van der Waals surface area contributed by atoms with E-state index in [1.54, 1.807) is 12.1 Å². The molecule has 0 heterocycles. The molecule has 2 aromatic carbocycles. The van der Waals surface area contributed by atoms with Crippen molar-refractivity contribution in [2.45, 2.75) is 13.0 Å². The Bertz CT molecular complexity index is 671. The maximum Gasteiger partial charge on any atom is 0.254 e. The molecule has 5 heteroatoms. The molecule has 128 valence electrons. The van der Waals surface area contributed by atoms with Crippen LogP contribution in [0.15, 0.2) is 48.5 Å². The first kappa shape index (κ1) is 17.9. The van der Waals surface area contributed by atoms with Crippen molar-refractivity contribution in [1.29, 1.82) is 0 Å². The summed E-state index contributed by atoms with van der Waals surface area (Å²) in [4.78, 5) is 14.2. The second-order valence-corrected chi connectivity index (χ2v) is 5.67. The SMILES string of the molecule is CCOc1ccc(C(CNC(=O)c2ccccc2F)N(C)C)cc1. The van der Waals surface area contributed by atoms with Crippen LogP contribution in [0.5, 0.6) is 5.75 Å². The standard InChI is InChI=1S/C19H23FN2O2/c1-4-24-15-11-9-14(10-12-15)18(22(2)3)13-21-19(23)16-7-5-6-8-17(16)20/h5-12,18H,4,13H2,1-3H3,(H,21,23). The zero-order valence-electron chi connectivity index (χ0n) is 14.3. The largest absolute Gasteiger partial charge is 0.494 e. The number of nitrogens with zero attached hydrogens (tertiary/aromatic N) is 1. The molecule has 1 atom stereocenters. The van der Waals surface area contributed by atoms with Crippen LogP contribution in [-0.2, 0) is 0 Å². The van der Waals surface area contributed by atoms with Gasteiger partial charge in [0.15, 0.2) is 0 Å². The highest BCUT2D eigenvalue weighted by molar-refractivity contribution is 5.94. The number of ether oxygens (including phenoxy) is 1. The van der Waals surface area contributed by atoms with Crippen molar-refractivity contribution in [2.24, 2.45) is 0 Å². The molecule has 0 radical (unpaired) electrons. The lowest BCUT2D eigenvalue weighted by Crippen LogP contribution is -2.34. The summed E-state index contributed by atoms with van der Waals surface area (Å²) in [6, 6.07) is 13.7. The predicted octanol–water partition coefficient (Wildman–Crippen LogP) is 3.26. The van der Waals surface area contributed by atoms with Crippen LogP contribution >= 0.6 is 0 Å². The van der Waals surface area contributed by atoms with Crippen molar-refractivity contribution in [2.75, 3.05) is 27.2 Å². The molecule has 1 amide bonds. The van der Waals surface area contributed by atoms with Crippen LogP contribution in [0.3, 0.4) is 0 Å². The molecule has 0 aromatic heterocycles. The molecule has 1 N–H and O–H groups in total. The number of amides is 1. The molecule has 2 rings (SSSR count). The minimum atomic E-state index is -0.516. The van der Waals surface area contributed by atoms with Gasteiger partial charge in [-0.1, -0.05) is 24.3 Å². The Hall–Kier alpha value is -2.40. The number of halogens is 1. The number of hydrogen-bond donors (Lipinski definition) is 1. The van der Waals surface area contributed by atoms with E-state index in [-0.39, 0.29) is 11.6 Å². The lowest BCUT2D eigenvalue weighted by atomic mass is 10.1. The van der Waals surface area contributed by atoms with Gasteiger partial charge >= 0.3 is 0 Å². The molecule has 0 bridgehead atoms. The minimum absolute atomic E-state index is 0.0172. The quantitative estimate of drug-likeness (QED) is 0.847. The first-order valence-electron chi connectivity index (χ1n) is 7.94. The Morgan fingerprint density at radius 3 is 2.42 bits per heavy atom. The Kier molecular flexibility index (Phi) is 6.32. The number of nitrogens with one attached hydrogen (secondary N) is 1. The Labute approximate surface area is 142 Å². The van der Waals surface area contributed by atoms with Gasteiger partial charge in [0.2, 0.25) is 0 Å². The van der Waals surface area contributed by atoms with Crippen LogP contribution in [0.2, 0.25) is 0 Å². The molecule has 2 aromatic rings. The fraction of sp³-hybridized carbons (Fsp3) is 0.316. The van der Waals surface area contributed by atoms with Crippen molar-refractivity contribution >= 4 is 5.91 Å². The lowest BCUT2D eigenvalue weighted by molar-refractivity contribution is 0.0938. The summed E-state index contributed by atoms with van der Waals surface area (Å²) in [6.45, 7) is 2.94. The Morgan fingerprint density at radius 2 is 1.83 bits per heavy atom. The van der Waals surface area contributed by atoms with Gasteiger partial charge in [0, 0.05) is 6.54 Å². The molecular formula is C19H23FN2O2. The highest BCUT2D eigenvalue weighted by atomic mass is 19.1. The van der Waals surface area contributed by atoms with Gasteiger partial charge in [0.05, 0.1) is 18.2 Å². The van der Waals surface area contributed by atoms with E-state index >= 15 is 0 Å². The summed E-state index contributed by atoms with van der Waals surface area (Å²) >= 11 is 0. The third-order valence-corrected chi connectivity index (χ3v) is 3.77. The van der Waals surface area contributed by atoms with Gasteiger partial charge in [-0.25, -0.2) is 4.39 Å². The molecule has 0 aliphatic heterocycles. The lowest BCUT2D eigenvalue weighted by Gasteiger charge is -2.25. The Morgan fingerprint density at radius 1 is 1.17 bits per heavy atom. The fourth-order valence-corrected chi connectivity index (χ4v) is 2.48. The number of rotatable bonds is 7. The van der Waals surface area contributed by atoms with E-state index in [0.717, 1.165) is 11.3 Å². The highest BCUT2D eigenvalue weighted by Gasteiger charge is 2.17. The average Bonchev–Trinajstić information content (AvgIpc) is 2.56. The van der Waals surface area contributed by atoms with Gasteiger partial charge in [0.1, 0.15) is 11.6 Å². The molecule has 1 unspecified atom stereocenters. The van der Waals surface area contributed by atoms with Crippen LogP contribution in [0.4, 0.5) is 4.39 Å². The van der Waals surface area contributed by atoms with Crippen LogP contribution in [0.1, 0.15) is 28.9 Å². The molecule has 0 saturated heterocycles. The zero-order valence-corrected chi connectivity index (χ0v) is 14.3. The van der Waals surface area contributed by atoms with Gasteiger partial charge in [-0.15, -0.1) is 0 Å². The molecule has 4 nitrogen and oxygen atoms in total. The maximum atomic E-state index is 13.7. The van der Waals surface area contributed by atoms with Crippen LogP contribution in [-0.4, -0.2) is 38.1 Å². The summed E-state index contributed by atoms with van der Waals surface area (Å²) in [5, 5.41) is 2.81. The van der Waals surface area contributed by atoms with Gasteiger partial charge in [-0.3, -0.25) is 4.79 Å². The van der Waals surface area contributed by atoms with Crippen molar-refractivity contribution < 1.29 is 13.9 Å². The van der Waals surface area contributed by atoms with E-state index in [0.29, 0.717) is 13.2 Å². The van der Waals surface area contributed by atoms with Crippen molar-refractivity contribution in [3.8, 4) is 5.75 Å². The molecular weight excluding hydrogens is 307 g/mol. The second kappa shape index (κ2) is 8.45. The van der Waals surface area contributed by atoms with Crippen molar-refractivity contribution in [1.82, 2.24) is 10.2 Å². The fourth-order valence-electron chi connectivity index (χ4n) is 2.48. The molecule has 24 heavy (non-hydrogen) atoms. The Balaban J connectivity index is 2.06. The van der Waals surface area contributed by atoms with Gasteiger partial charge < -0.3 is 15.0 Å². The third-order valence-electron chi connectivity index (χ3n) is 3.77. The van der Waals surface area contributed by atoms with E-state index in [1.165, 1.54) is 12.1 Å². The third kappa shape index (κ3) is 4.55. The number of carbonyl (C=O) groups is 1. The maximum absolute atomic E-state index is 13.7. The summed E-state index contributed by atoms with van der Waals surface area (Å²) in [5.41, 5.74) is 1.11. The van der Waals surface area contributed by atoms with Crippen LogP contribution < -0.4 is 10.1 Å². The summed E-state index contributed by atoms with van der Waals surface area (Å²) in [5.74, 6) is -0.113. The average molecular weight is 330 g/mol. The summed E-state index contributed by atoms with van der Waals surface area (Å²) in [7, 11) is 3.88. The number of carbonyl (C=O) groups excluding carboxylic acids is 1.